The minimum Gasteiger partial charge on any atom is -0.371 e. The van der Waals surface area contributed by atoms with Crippen LogP contribution in [0.4, 0.5) is 5.69 Å². The summed E-state index contributed by atoms with van der Waals surface area (Å²) in [5.41, 5.74) is 2.21. The van der Waals surface area contributed by atoms with E-state index < -0.39 is 0 Å². The molecule has 0 aromatic carbocycles. The van der Waals surface area contributed by atoms with Gasteiger partial charge in [-0.2, -0.15) is 0 Å². The van der Waals surface area contributed by atoms with Gasteiger partial charge in [-0.05, 0) is 25.0 Å². The fourth-order valence-electron chi connectivity index (χ4n) is 1.31. The Kier molecular flexibility index (Phi) is 4.00. The summed E-state index contributed by atoms with van der Waals surface area (Å²) >= 11 is 0. The lowest BCUT2D eigenvalue weighted by molar-refractivity contribution is 0.755. The highest BCUT2D eigenvalue weighted by Gasteiger charge is 2.04. The lowest BCUT2D eigenvalue weighted by atomic mass is 10.1. The minimum atomic E-state index is 0.126. The summed E-state index contributed by atoms with van der Waals surface area (Å²) < 4.78 is 0. The van der Waals surface area contributed by atoms with Crippen LogP contribution in [0.2, 0.25) is 0 Å². The summed E-state index contributed by atoms with van der Waals surface area (Å²) in [6, 6.07) is 2.08. The second-order valence-corrected chi connectivity index (χ2v) is 3.34. The Labute approximate surface area is 85.8 Å². The van der Waals surface area contributed by atoms with Crippen LogP contribution in [0, 0.1) is 19.3 Å². The third-order valence-electron chi connectivity index (χ3n) is 2.13. The number of nitrogens with zero attached hydrogens (tertiary/aromatic N) is 1. The third kappa shape index (κ3) is 2.77. The zero-order chi connectivity index (χ0) is 10.4. The normalized spacial score (nSPS) is 11.8. The Bertz CT molecular complexity index is 325. The van der Waals surface area contributed by atoms with E-state index in [0.717, 1.165) is 24.1 Å². The van der Waals surface area contributed by atoms with E-state index in [2.05, 4.69) is 23.1 Å². The van der Waals surface area contributed by atoms with Gasteiger partial charge in [-0.3, -0.25) is 4.98 Å². The molecule has 0 aliphatic heterocycles. The Morgan fingerprint density at radius 2 is 2.43 bits per heavy atom. The molecule has 1 N–H and O–H groups in total. The molecule has 2 nitrogen and oxygen atoms in total. The number of pyridine rings is 1. The smallest absolute Gasteiger partial charge is 0.0874 e. The lowest BCUT2D eigenvalue weighted by Crippen LogP contribution is -2.17. The molecule has 1 heterocycles. The van der Waals surface area contributed by atoms with E-state index in [1.807, 2.05) is 19.2 Å². The first-order valence-corrected chi connectivity index (χ1v) is 4.91. The summed E-state index contributed by atoms with van der Waals surface area (Å²) in [5.74, 6) is 2.75. The quantitative estimate of drug-likeness (QED) is 0.735. The Morgan fingerprint density at radius 3 is 3.00 bits per heavy atom. The zero-order valence-corrected chi connectivity index (χ0v) is 8.75. The first-order chi connectivity index (χ1) is 6.77. The van der Waals surface area contributed by atoms with Gasteiger partial charge in [0.1, 0.15) is 0 Å². The molecule has 1 aromatic heterocycles. The van der Waals surface area contributed by atoms with E-state index in [1.54, 1.807) is 6.20 Å². The first-order valence-electron chi connectivity index (χ1n) is 4.91. The third-order valence-corrected chi connectivity index (χ3v) is 2.13. The highest BCUT2D eigenvalue weighted by Crippen LogP contribution is 2.14. The van der Waals surface area contributed by atoms with Crippen LogP contribution in [-0.4, -0.2) is 11.0 Å². The molecule has 0 fully saturated rings. The van der Waals surface area contributed by atoms with Gasteiger partial charge in [-0.1, -0.05) is 19.3 Å². The molecule has 1 rings (SSSR count). The predicted molar refractivity (Wildman–Crippen MR) is 60.1 cm³/mol. The van der Waals surface area contributed by atoms with E-state index in [9.17, 15) is 0 Å². The van der Waals surface area contributed by atoms with Gasteiger partial charge in [0, 0.05) is 18.1 Å². The predicted octanol–water partition coefficient (Wildman–Crippen LogP) is 2.60. The van der Waals surface area contributed by atoms with Crippen molar-refractivity contribution < 1.29 is 0 Å². The first kappa shape index (κ1) is 10.6. The van der Waals surface area contributed by atoms with Crippen LogP contribution in [0.25, 0.3) is 0 Å². The van der Waals surface area contributed by atoms with Gasteiger partial charge >= 0.3 is 0 Å². The highest BCUT2D eigenvalue weighted by atomic mass is 14.9. The molecule has 74 valence electrons. The fraction of sp³-hybridized carbons (Fsp3) is 0.417. The van der Waals surface area contributed by atoms with Crippen LogP contribution in [-0.2, 0) is 0 Å². The highest BCUT2D eigenvalue weighted by molar-refractivity contribution is 5.50. The molecule has 1 atom stereocenters. The van der Waals surface area contributed by atoms with Crippen molar-refractivity contribution in [1.29, 1.82) is 0 Å². The number of aromatic nitrogens is 1. The minimum absolute atomic E-state index is 0.126. The fourth-order valence-corrected chi connectivity index (χ4v) is 1.31. The van der Waals surface area contributed by atoms with E-state index in [4.69, 9.17) is 6.42 Å². The van der Waals surface area contributed by atoms with Crippen molar-refractivity contribution in [3.8, 4) is 12.3 Å². The molecule has 0 aliphatic carbocycles. The molecule has 1 aromatic rings. The summed E-state index contributed by atoms with van der Waals surface area (Å²) in [7, 11) is 0. The molecular formula is C12H16N2. The number of hydrogen-bond acceptors (Lipinski definition) is 2. The van der Waals surface area contributed by atoms with Crippen LogP contribution < -0.4 is 5.32 Å². The standard InChI is InChI=1S/C12H16N2/c1-4-6-11(5-2)14-12-7-8-13-9-10(12)3/h2,7-9,11H,4,6H2,1,3H3,(H,13,14). The number of terminal acetylenes is 1. The Balaban J connectivity index is 2.68. The molecule has 0 spiro atoms. The van der Waals surface area contributed by atoms with Crippen LogP contribution in [0.1, 0.15) is 25.3 Å². The number of hydrogen-bond donors (Lipinski definition) is 1. The maximum Gasteiger partial charge on any atom is 0.0874 e. The molecule has 0 saturated heterocycles. The maximum absolute atomic E-state index is 5.43. The average Bonchev–Trinajstić information content (AvgIpc) is 2.20. The molecule has 14 heavy (non-hydrogen) atoms. The van der Waals surface area contributed by atoms with Crippen molar-refractivity contribution in [2.45, 2.75) is 32.7 Å². The average molecular weight is 188 g/mol. The van der Waals surface area contributed by atoms with Gasteiger partial charge in [0.15, 0.2) is 0 Å². The van der Waals surface area contributed by atoms with Crippen LogP contribution in [0.15, 0.2) is 18.5 Å². The van der Waals surface area contributed by atoms with Crippen molar-refractivity contribution in [2.75, 3.05) is 5.32 Å². The van der Waals surface area contributed by atoms with E-state index in [-0.39, 0.29) is 6.04 Å². The van der Waals surface area contributed by atoms with Crippen molar-refractivity contribution in [1.82, 2.24) is 4.98 Å². The zero-order valence-electron chi connectivity index (χ0n) is 8.75. The molecule has 2 heteroatoms. The van der Waals surface area contributed by atoms with Crippen molar-refractivity contribution >= 4 is 5.69 Å². The topological polar surface area (TPSA) is 24.9 Å². The van der Waals surface area contributed by atoms with Gasteiger partial charge in [0.2, 0.25) is 0 Å². The maximum atomic E-state index is 5.43. The SMILES string of the molecule is C#CC(CCC)Nc1ccncc1C. The molecule has 0 saturated carbocycles. The summed E-state index contributed by atoms with van der Waals surface area (Å²) in [6.07, 6.45) is 11.1. The van der Waals surface area contributed by atoms with Crippen molar-refractivity contribution in [3.63, 3.8) is 0 Å². The number of aryl methyl sites for hydroxylation is 1. The molecule has 0 aliphatic rings. The monoisotopic (exact) mass is 188 g/mol. The second kappa shape index (κ2) is 5.29. The van der Waals surface area contributed by atoms with Crippen LogP contribution in [0.3, 0.4) is 0 Å². The Hall–Kier alpha value is -1.49. The van der Waals surface area contributed by atoms with Crippen molar-refractivity contribution in [2.24, 2.45) is 0 Å². The molecular weight excluding hydrogens is 172 g/mol. The number of anilines is 1. The summed E-state index contributed by atoms with van der Waals surface area (Å²) in [6.45, 7) is 4.15. The number of rotatable bonds is 4. The van der Waals surface area contributed by atoms with Gasteiger partial charge in [0.05, 0.1) is 6.04 Å². The Morgan fingerprint density at radius 1 is 1.64 bits per heavy atom. The van der Waals surface area contributed by atoms with Gasteiger partial charge in [-0.25, -0.2) is 0 Å². The largest absolute Gasteiger partial charge is 0.371 e. The number of nitrogens with one attached hydrogen (secondary N) is 1. The van der Waals surface area contributed by atoms with E-state index in [0.29, 0.717) is 0 Å². The molecule has 0 bridgehead atoms. The van der Waals surface area contributed by atoms with Gasteiger partial charge in [0.25, 0.3) is 0 Å². The van der Waals surface area contributed by atoms with Crippen molar-refractivity contribution in [3.05, 3.63) is 24.0 Å². The van der Waals surface area contributed by atoms with Crippen LogP contribution >= 0.6 is 0 Å². The summed E-state index contributed by atoms with van der Waals surface area (Å²) in [5, 5.41) is 3.32. The van der Waals surface area contributed by atoms with E-state index >= 15 is 0 Å². The van der Waals surface area contributed by atoms with Gasteiger partial charge < -0.3 is 5.32 Å². The van der Waals surface area contributed by atoms with E-state index in [1.165, 1.54) is 0 Å². The summed E-state index contributed by atoms with van der Waals surface area (Å²) in [4.78, 5) is 4.03. The second-order valence-electron chi connectivity index (χ2n) is 3.34. The molecule has 0 amide bonds. The lowest BCUT2D eigenvalue weighted by Gasteiger charge is -2.14. The molecule has 1 unspecified atom stereocenters. The van der Waals surface area contributed by atoms with Gasteiger partial charge in [-0.15, -0.1) is 6.42 Å². The molecule has 0 radical (unpaired) electrons. The van der Waals surface area contributed by atoms with Crippen LogP contribution in [0.5, 0.6) is 0 Å².